The van der Waals surface area contributed by atoms with E-state index in [9.17, 15) is 22.0 Å². The molecule has 2 N–H and O–H groups in total. The first-order chi connectivity index (χ1) is 16.9. The second kappa shape index (κ2) is 11.5. The number of halogens is 2. The summed E-state index contributed by atoms with van der Waals surface area (Å²) < 4.78 is 57.4. The Kier molecular flexibility index (Phi) is 8.89. The zero-order valence-corrected chi connectivity index (χ0v) is 21.5. The smallest absolute Gasteiger partial charge is 0.388 e. The number of carboxylic acid groups (broad SMARTS) is 1. The first kappa shape index (κ1) is 27.8. The van der Waals surface area contributed by atoms with E-state index in [0.29, 0.717) is 30.8 Å². The van der Waals surface area contributed by atoms with Crippen LogP contribution >= 0.6 is 0 Å². The van der Waals surface area contributed by atoms with Crippen molar-refractivity contribution in [2.45, 2.75) is 58.0 Å². The van der Waals surface area contributed by atoms with Gasteiger partial charge in [0.1, 0.15) is 0 Å². The predicted octanol–water partition coefficient (Wildman–Crippen LogP) is 4.37. The van der Waals surface area contributed by atoms with Gasteiger partial charge in [-0.2, -0.15) is 8.78 Å². The number of pyridine rings is 1. The number of anilines is 1. The van der Waals surface area contributed by atoms with Crippen LogP contribution in [0, 0.1) is 6.92 Å². The summed E-state index contributed by atoms with van der Waals surface area (Å²) in [7, 11) is -3.71. The Balaban J connectivity index is 1.91. The molecule has 1 aliphatic heterocycles. The number of nitrogens with zero attached hydrogens (tertiary/aromatic N) is 2. The lowest BCUT2D eigenvalue weighted by atomic mass is 9.70. The van der Waals surface area contributed by atoms with Gasteiger partial charge in [0.05, 0.1) is 17.9 Å². The molecule has 0 saturated carbocycles. The number of hydrogen-bond acceptors (Lipinski definition) is 6. The van der Waals surface area contributed by atoms with E-state index in [4.69, 9.17) is 5.11 Å². The Labute approximate surface area is 210 Å². The van der Waals surface area contributed by atoms with E-state index in [0.717, 1.165) is 11.1 Å². The molecular weight excluding hydrogens is 492 g/mol. The monoisotopic (exact) mass is 525 g/mol. The number of aromatic nitrogens is 1. The number of aliphatic carboxylic acids is 1. The SMILES string of the molecule is Cc1ccc(NCC2(c3ccccc3C(C)C)CCN(S(=O)(=O)CCC(=O)O)CC2)c(OC(F)F)n1. The minimum atomic E-state index is -3.71. The molecule has 0 bridgehead atoms. The summed E-state index contributed by atoms with van der Waals surface area (Å²) in [5.74, 6) is -1.58. The Bertz CT molecular complexity index is 1170. The summed E-state index contributed by atoms with van der Waals surface area (Å²) >= 11 is 0. The van der Waals surface area contributed by atoms with E-state index in [1.165, 1.54) is 4.31 Å². The minimum Gasteiger partial charge on any atom is -0.481 e. The molecule has 36 heavy (non-hydrogen) atoms. The number of aryl methyl sites for hydroxylation is 1. The molecule has 0 spiro atoms. The first-order valence-electron chi connectivity index (χ1n) is 11.9. The van der Waals surface area contributed by atoms with Crippen molar-refractivity contribution in [1.82, 2.24) is 9.29 Å². The largest absolute Gasteiger partial charge is 0.481 e. The van der Waals surface area contributed by atoms with Crippen molar-refractivity contribution >= 4 is 21.7 Å². The van der Waals surface area contributed by atoms with Crippen molar-refractivity contribution in [1.29, 1.82) is 0 Å². The van der Waals surface area contributed by atoms with Crippen molar-refractivity contribution in [3.05, 3.63) is 53.2 Å². The Hall–Kier alpha value is -2.79. The van der Waals surface area contributed by atoms with Crippen LogP contribution in [0.1, 0.15) is 55.8 Å². The maximum atomic E-state index is 13.0. The lowest BCUT2D eigenvalue weighted by Crippen LogP contribution is -2.49. The number of carboxylic acids is 1. The van der Waals surface area contributed by atoms with Crippen LogP contribution in [0.4, 0.5) is 14.5 Å². The molecule has 11 heteroatoms. The third-order valence-corrected chi connectivity index (χ3v) is 8.49. The highest BCUT2D eigenvalue weighted by atomic mass is 32.2. The van der Waals surface area contributed by atoms with E-state index in [1.807, 2.05) is 18.2 Å². The van der Waals surface area contributed by atoms with E-state index < -0.39 is 40.2 Å². The van der Waals surface area contributed by atoms with Crippen LogP contribution in [0.25, 0.3) is 0 Å². The maximum absolute atomic E-state index is 13.0. The number of ether oxygens (including phenoxy) is 1. The average Bonchev–Trinajstić information content (AvgIpc) is 2.82. The van der Waals surface area contributed by atoms with Gasteiger partial charge in [0, 0.05) is 30.7 Å². The van der Waals surface area contributed by atoms with Gasteiger partial charge in [-0.1, -0.05) is 38.1 Å². The quantitative estimate of drug-likeness (QED) is 0.449. The van der Waals surface area contributed by atoms with Gasteiger partial charge >= 0.3 is 12.6 Å². The molecule has 0 atom stereocenters. The molecule has 1 aliphatic rings. The van der Waals surface area contributed by atoms with Crippen LogP contribution in [-0.4, -0.2) is 60.8 Å². The van der Waals surface area contributed by atoms with Gasteiger partial charge in [0.15, 0.2) is 0 Å². The number of alkyl halides is 2. The highest BCUT2D eigenvalue weighted by Crippen LogP contribution is 2.41. The van der Waals surface area contributed by atoms with Crippen LogP contribution < -0.4 is 10.1 Å². The molecule has 2 heterocycles. The number of sulfonamides is 1. The fourth-order valence-corrected chi connectivity index (χ4v) is 6.10. The lowest BCUT2D eigenvalue weighted by molar-refractivity contribution is -0.136. The third kappa shape index (κ3) is 6.70. The molecule has 0 unspecified atom stereocenters. The van der Waals surface area contributed by atoms with Crippen molar-refractivity contribution in [3.8, 4) is 5.88 Å². The molecule has 1 aromatic carbocycles. The van der Waals surface area contributed by atoms with E-state index in [1.54, 1.807) is 19.1 Å². The summed E-state index contributed by atoms with van der Waals surface area (Å²) in [6, 6.07) is 11.3. The summed E-state index contributed by atoms with van der Waals surface area (Å²) in [4.78, 5) is 15.0. The predicted molar refractivity (Wildman–Crippen MR) is 133 cm³/mol. The van der Waals surface area contributed by atoms with Crippen LogP contribution in [0.5, 0.6) is 5.88 Å². The van der Waals surface area contributed by atoms with E-state index >= 15 is 0 Å². The fraction of sp³-hybridized carbons (Fsp3) is 0.520. The number of hydrogen-bond donors (Lipinski definition) is 2. The molecule has 0 radical (unpaired) electrons. The van der Waals surface area contributed by atoms with Crippen LogP contribution in [0.15, 0.2) is 36.4 Å². The van der Waals surface area contributed by atoms with Gasteiger partial charge in [-0.15, -0.1) is 0 Å². The molecule has 3 rings (SSSR count). The summed E-state index contributed by atoms with van der Waals surface area (Å²) in [5, 5.41) is 12.2. The van der Waals surface area contributed by atoms with E-state index in [-0.39, 0.29) is 24.9 Å². The van der Waals surface area contributed by atoms with Gasteiger partial charge in [0.2, 0.25) is 15.9 Å². The summed E-state index contributed by atoms with van der Waals surface area (Å²) in [6.45, 7) is 3.64. The second-order valence-electron chi connectivity index (χ2n) is 9.42. The Morgan fingerprint density at radius 2 is 1.86 bits per heavy atom. The normalized spacial score (nSPS) is 16.3. The number of nitrogens with one attached hydrogen (secondary N) is 1. The van der Waals surface area contributed by atoms with Gasteiger partial charge in [-0.25, -0.2) is 17.7 Å². The standard InChI is InChI=1S/C25H33F2N3O5S/c1-17(2)19-6-4-5-7-20(19)25(11-13-30(14-12-25)36(33,34)15-10-22(31)32)16-28-21-9-8-18(3)29-23(21)35-24(26)27/h4-9,17,24,28H,10-16H2,1-3H3,(H,31,32). The molecule has 8 nitrogen and oxygen atoms in total. The third-order valence-electron chi connectivity index (χ3n) is 6.62. The first-order valence-corrected chi connectivity index (χ1v) is 13.5. The van der Waals surface area contributed by atoms with Crippen molar-refractivity contribution in [3.63, 3.8) is 0 Å². The number of benzene rings is 1. The van der Waals surface area contributed by atoms with Gasteiger partial charge in [-0.05, 0) is 48.9 Å². The number of rotatable bonds is 11. The van der Waals surface area contributed by atoms with Crippen molar-refractivity contribution < 1.29 is 31.8 Å². The van der Waals surface area contributed by atoms with Gasteiger partial charge in [0.25, 0.3) is 0 Å². The number of carbonyl (C=O) groups is 1. The molecule has 0 amide bonds. The summed E-state index contributed by atoms with van der Waals surface area (Å²) in [6.07, 6.45) is 0.496. The molecule has 1 fully saturated rings. The highest BCUT2D eigenvalue weighted by molar-refractivity contribution is 7.89. The second-order valence-corrected chi connectivity index (χ2v) is 11.5. The van der Waals surface area contributed by atoms with Gasteiger partial charge in [-0.3, -0.25) is 4.79 Å². The Morgan fingerprint density at radius 3 is 2.47 bits per heavy atom. The molecule has 2 aromatic rings. The molecule has 1 aromatic heterocycles. The molecule has 198 valence electrons. The topological polar surface area (TPSA) is 109 Å². The molecular formula is C25H33F2N3O5S. The lowest BCUT2D eigenvalue weighted by Gasteiger charge is -2.43. The fourth-order valence-electron chi connectivity index (χ4n) is 4.67. The zero-order chi connectivity index (χ0) is 26.5. The summed E-state index contributed by atoms with van der Waals surface area (Å²) in [5.41, 5.74) is 2.58. The Morgan fingerprint density at radius 1 is 1.19 bits per heavy atom. The number of piperidine rings is 1. The molecule has 0 aliphatic carbocycles. The zero-order valence-electron chi connectivity index (χ0n) is 20.7. The molecule has 1 saturated heterocycles. The van der Waals surface area contributed by atoms with Crippen LogP contribution in [0.3, 0.4) is 0 Å². The maximum Gasteiger partial charge on any atom is 0.388 e. The van der Waals surface area contributed by atoms with Crippen LogP contribution in [0.2, 0.25) is 0 Å². The minimum absolute atomic E-state index is 0.189. The van der Waals surface area contributed by atoms with Crippen molar-refractivity contribution in [2.75, 3.05) is 30.7 Å². The average molecular weight is 526 g/mol. The van der Waals surface area contributed by atoms with E-state index in [2.05, 4.69) is 35.0 Å². The highest BCUT2D eigenvalue weighted by Gasteiger charge is 2.41. The van der Waals surface area contributed by atoms with Crippen LogP contribution in [-0.2, 0) is 20.2 Å². The van der Waals surface area contributed by atoms with Gasteiger partial charge < -0.3 is 15.2 Å². The van der Waals surface area contributed by atoms with Crippen molar-refractivity contribution in [2.24, 2.45) is 0 Å².